The first-order valence-corrected chi connectivity index (χ1v) is 9.74. The number of carbonyl (C=O) groups is 1. The van der Waals surface area contributed by atoms with Crippen molar-refractivity contribution >= 4 is 28.6 Å². The number of aryl methyl sites for hydroxylation is 1. The van der Waals surface area contributed by atoms with Crippen molar-refractivity contribution in [3.05, 3.63) is 51.4 Å². The van der Waals surface area contributed by atoms with Crippen molar-refractivity contribution in [2.75, 3.05) is 13.2 Å². The van der Waals surface area contributed by atoms with Gasteiger partial charge in [-0.1, -0.05) is 0 Å². The molecular formula is C18H19N3O2S2. The van der Waals surface area contributed by atoms with E-state index in [0.29, 0.717) is 18.0 Å². The van der Waals surface area contributed by atoms with Crippen LogP contribution < -0.4 is 10.1 Å². The fourth-order valence-electron chi connectivity index (χ4n) is 2.33. The van der Waals surface area contributed by atoms with Crippen LogP contribution in [0.1, 0.15) is 27.3 Å². The van der Waals surface area contributed by atoms with Crippen LogP contribution in [0.3, 0.4) is 0 Å². The second-order valence-electron chi connectivity index (χ2n) is 5.32. The maximum atomic E-state index is 12.4. The van der Waals surface area contributed by atoms with Gasteiger partial charge in [-0.05, 0) is 38.1 Å². The highest BCUT2D eigenvalue weighted by Crippen LogP contribution is 2.29. The molecule has 3 rings (SSSR count). The summed E-state index contributed by atoms with van der Waals surface area (Å²) < 4.78 is 5.45. The van der Waals surface area contributed by atoms with E-state index in [1.54, 1.807) is 17.5 Å². The summed E-state index contributed by atoms with van der Waals surface area (Å²) in [4.78, 5) is 21.8. The highest BCUT2D eigenvalue weighted by Gasteiger charge is 2.16. The number of amides is 1. The second kappa shape index (κ2) is 8.22. The van der Waals surface area contributed by atoms with Gasteiger partial charge >= 0.3 is 0 Å². The molecular weight excluding hydrogens is 354 g/mol. The standard InChI is InChI=1S/C18H19N3O2S2/c1-3-23-14-6-4-13(5-7-14)18-21-12(2)16(25-18)17(22)20-9-8-15-19-10-11-24-15/h4-7,10-11H,3,8-9H2,1-2H3,(H,20,22). The Labute approximate surface area is 154 Å². The predicted molar refractivity (Wildman–Crippen MR) is 102 cm³/mol. The molecule has 0 aliphatic rings. The molecule has 0 aliphatic heterocycles. The van der Waals surface area contributed by atoms with Crippen LogP contribution in [0.5, 0.6) is 5.75 Å². The van der Waals surface area contributed by atoms with Crippen molar-refractivity contribution in [1.82, 2.24) is 15.3 Å². The first kappa shape index (κ1) is 17.6. The minimum absolute atomic E-state index is 0.0799. The molecule has 0 spiro atoms. The first-order valence-electron chi connectivity index (χ1n) is 8.04. The lowest BCUT2D eigenvalue weighted by molar-refractivity contribution is 0.0957. The third-order valence-electron chi connectivity index (χ3n) is 3.52. The van der Waals surface area contributed by atoms with E-state index in [0.717, 1.165) is 33.4 Å². The Hall–Kier alpha value is -2.25. The maximum absolute atomic E-state index is 12.4. The molecule has 0 bridgehead atoms. The van der Waals surface area contributed by atoms with Crippen molar-refractivity contribution in [1.29, 1.82) is 0 Å². The summed E-state index contributed by atoms with van der Waals surface area (Å²) in [6.45, 7) is 5.03. The second-order valence-corrected chi connectivity index (χ2v) is 7.30. The first-order chi connectivity index (χ1) is 12.2. The summed E-state index contributed by atoms with van der Waals surface area (Å²) in [5.74, 6) is 0.753. The van der Waals surface area contributed by atoms with E-state index in [9.17, 15) is 4.79 Å². The Kier molecular flexibility index (Phi) is 5.78. The van der Waals surface area contributed by atoms with Gasteiger partial charge < -0.3 is 10.1 Å². The van der Waals surface area contributed by atoms with Crippen LogP contribution in [-0.4, -0.2) is 29.0 Å². The lowest BCUT2D eigenvalue weighted by Crippen LogP contribution is -2.25. The zero-order valence-corrected chi connectivity index (χ0v) is 15.7. The number of hydrogen-bond acceptors (Lipinski definition) is 6. The van der Waals surface area contributed by atoms with E-state index < -0.39 is 0 Å². The Morgan fingerprint density at radius 2 is 2.08 bits per heavy atom. The van der Waals surface area contributed by atoms with Gasteiger partial charge in [-0.2, -0.15) is 0 Å². The van der Waals surface area contributed by atoms with Crippen LogP contribution in [0.4, 0.5) is 0 Å². The molecule has 0 atom stereocenters. The van der Waals surface area contributed by atoms with E-state index >= 15 is 0 Å². The van der Waals surface area contributed by atoms with Gasteiger partial charge in [0.2, 0.25) is 0 Å². The van der Waals surface area contributed by atoms with Gasteiger partial charge in [0.1, 0.15) is 15.6 Å². The number of thiazole rings is 2. The molecule has 3 aromatic rings. The zero-order chi connectivity index (χ0) is 17.6. The minimum atomic E-state index is -0.0799. The number of nitrogens with one attached hydrogen (secondary N) is 1. The molecule has 0 unspecified atom stereocenters. The lowest BCUT2D eigenvalue weighted by Gasteiger charge is -2.03. The Morgan fingerprint density at radius 3 is 2.76 bits per heavy atom. The molecule has 0 saturated heterocycles. The van der Waals surface area contributed by atoms with Gasteiger partial charge in [0.15, 0.2) is 0 Å². The molecule has 2 heterocycles. The largest absolute Gasteiger partial charge is 0.494 e. The molecule has 25 heavy (non-hydrogen) atoms. The minimum Gasteiger partial charge on any atom is -0.494 e. The monoisotopic (exact) mass is 373 g/mol. The lowest BCUT2D eigenvalue weighted by atomic mass is 10.2. The molecule has 0 radical (unpaired) electrons. The van der Waals surface area contributed by atoms with E-state index in [1.165, 1.54) is 11.3 Å². The maximum Gasteiger partial charge on any atom is 0.263 e. The van der Waals surface area contributed by atoms with Crippen molar-refractivity contribution in [3.63, 3.8) is 0 Å². The fraction of sp³-hybridized carbons (Fsp3) is 0.278. The highest BCUT2D eigenvalue weighted by molar-refractivity contribution is 7.17. The Bertz CT molecular complexity index is 827. The number of hydrogen-bond donors (Lipinski definition) is 1. The van der Waals surface area contributed by atoms with Crippen molar-refractivity contribution in [2.24, 2.45) is 0 Å². The molecule has 1 aromatic carbocycles. The normalized spacial score (nSPS) is 10.6. The van der Waals surface area contributed by atoms with Crippen molar-refractivity contribution < 1.29 is 9.53 Å². The topological polar surface area (TPSA) is 64.1 Å². The molecule has 2 aromatic heterocycles. The third kappa shape index (κ3) is 4.43. The number of aromatic nitrogens is 2. The number of nitrogens with zero attached hydrogens (tertiary/aromatic N) is 2. The summed E-state index contributed by atoms with van der Waals surface area (Å²) in [6, 6.07) is 7.77. The van der Waals surface area contributed by atoms with E-state index in [1.807, 2.05) is 43.5 Å². The molecule has 5 nitrogen and oxygen atoms in total. The average Bonchev–Trinajstić information content (AvgIpc) is 3.25. The predicted octanol–water partition coefficient (Wildman–Crippen LogP) is 3.95. The van der Waals surface area contributed by atoms with Gasteiger partial charge in [0.05, 0.1) is 17.3 Å². The van der Waals surface area contributed by atoms with Crippen LogP contribution in [0.25, 0.3) is 10.6 Å². The van der Waals surface area contributed by atoms with Crippen LogP contribution in [0.15, 0.2) is 35.8 Å². The number of rotatable bonds is 7. The average molecular weight is 374 g/mol. The summed E-state index contributed by atoms with van der Waals surface area (Å²) in [6.07, 6.45) is 2.52. The summed E-state index contributed by atoms with van der Waals surface area (Å²) >= 11 is 3.01. The molecule has 0 aliphatic carbocycles. The van der Waals surface area contributed by atoms with E-state index in [2.05, 4.69) is 15.3 Å². The smallest absolute Gasteiger partial charge is 0.263 e. The zero-order valence-electron chi connectivity index (χ0n) is 14.1. The fourth-order valence-corrected chi connectivity index (χ4v) is 3.94. The summed E-state index contributed by atoms with van der Waals surface area (Å²) in [7, 11) is 0. The van der Waals surface area contributed by atoms with Gasteiger partial charge in [-0.25, -0.2) is 9.97 Å². The summed E-state index contributed by atoms with van der Waals surface area (Å²) in [5, 5.41) is 6.75. The van der Waals surface area contributed by atoms with Crippen molar-refractivity contribution in [2.45, 2.75) is 20.3 Å². The van der Waals surface area contributed by atoms with Gasteiger partial charge in [0.25, 0.3) is 5.91 Å². The Morgan fingerprint density at radius 1 is 1.28 bits per heavy atom. The van der Waals surface area contributed by atoms with Gasteiger partial charge in [-0.3, -0.25) is 4.79 Å². The molecule has 0 saturated carbocycles. The highest BCUT2D eigenvalue weighted by atomic mass is 32.1. The molecule has 130 valence electrons. The SMILES string of the molecule is CCOc1ccc(-c2nc(C)c(C(=O)NCCc3nccs3)s2)cc1. The number of benzene rings is 1. The van der Waals surface area contributed by atoms with Gasteiger partial charge in [-0.15, -0.1) is 22.7 Å². The quantitative estimate of drug-likeness (QED) is 0.681. The van der Waals surface area contributed by atoms with Gasteiger partial charge in [0, 0.05) is 30.1 Å². The van der Waals surface area contributed by atoms with E-state index in [-0.39, 0.29) is 5.91 Å². The molecule has 1 amide bonds. The molecule has 7 heteroatoms. The van der Waals surface area contributed by atoms with Crippen LogP contribution in [0.2, 0.25) is 0 Å². The molecule has 1 N–H and O–H groups in total. The van der Waals surface area contributed by atoms with Crippen LogP contribution in [0, 0.1) is 6.92 Å². The number of carbonyl (C=O) groups excluding carboxylic acids is 1. The van der Waals surface area contributed by atoms with Crippen molar-refractivity contribution in [3.8, 4) is 16.3 Å². The van der Waals surface area contributed by atoms with Crippen LogP contribution in [-0.2, 0) is 6.42 Å². The summed E-state index contributed by atoms with van der Waals surface area (Å²) in [5.41, 5.74) is 1.74. The molecule has 0 fully saturated rings. The Balaban J connectivity index is 1.65. The third-order valence-corrected chi connectivity index (χ3v) is 5.57. The van der Waals surface area contributed by atoms with E-state index in [4.69, 9.17) is 4.74 Å². The number of ether oxygens (including phenoxy) is 1. The van der Waals surface area contributed by atoms with Crippen LogP contribution >= 0.6 is 22.7 Å².